The lowest BCUT2D eigenvalue weighted by molar-refractivity contribution is -0.254. The van der Waals surface area contributed by atoms with Crippen molar-refractivity contribution in [3.05, 3.63) is 16.7 Å². The van der Waals surface area contributed by atoms with E-state index in [-0.39, 0.29) is 17.1 Å². The van der Waals surface area contributed by atoms with Crippen molar-refractivity contribution in [2.24, 2.45) is 11.8 Å². The molecular weight excluding hydrogens is 522 g/mol. The van der Waals surface area contributed by atoms with Gasteiger partial charge in [0.25, 0.3) is 5.56 Å². The Kier molecular flexibility index (Phi) is 7.94. The SMILES string of the molecule is CC(C)C(=O)C(OC1O[C@H](CO)[C@@H](O)[C@@H]1O)(C(=O)C(C)C)[C@H]1O[C@@H](n2cnc3c(=O)[nH]c(N)nc32)[C@H](O)[C@@H]1O. The first-order chi connectivity index (χ1) is 18.3. The molecule has 39 heavy (non-hydrogen) atoms. The number of carbonyl (C=O) groups excluding carboxylic acids is 2. The van der Waals surface area contributed by atoms with Gasteiger partial charge in [0.1, 0.15) is 36.6 Å². The van der Waals surface area contributed by atoms with Gasteiger partial charge in [-0.05, 0) is 0 Å². The fourth-order valence-electron chi connectivity index (χ4n) is 4.94. The molecule has 2 aromatic heterocycles. The van der Waals surface area contributed by atoms with Crippen molar-refractivity contribution in [2.75, 3.05) is 12.3 Å². The number of nitrogens with zero attached hydrogens (tertiary/aromatic N) is 3. The number of rotatable bonds is 9. The van der Waals surface area contributed by atoms with E-state index in [1.807, 2.05) is 0 Å². The van der Waals surface area contributed by atoms with Crippen molar-refractivity contribution in [3.8, 4) is 0 Å². The number of fused-ring (bicyclic) bond motifs is 1. The molecule has 0 bridgehead atoms. The van der Waals surface area contributed by atoms with Gasteiger partial charge in [0, 0.05) is 11.8 Å². The summed E-state index contributed by atoms with van der Waals surface area (Å²) in [5, 5.41) is 52.5. The molecule has 2 saturated heterocycles. The predicted octanol–water partition coefficient (Wildman–Crippen LogP) is -3.03. The standard InChI is InChI=1S/C23H33N5O11/c1-7(2)15(34)23(16(35)8(3)4,39-21-14(33)11(30)9(5-29)37-21)17-12(31)13(32)20(38-17)28-6-25-10-18(28)26-22(24)27-19(10)36/h6-9,11-14,17,20-21,29-33H,5H2,1-4H3,(H3,24,26,27,36)/t9-,11-,12+,13-,14+,17+,20-,21?/m1/s1. The van der Waals surface area contributed by atoms with Crippen molar-refractivity contribution >= 4 is 28.7 Å². The summed E-state index contributed by atoms with van der Waals surface area (Å²) in [6.07, 6.45) is -12.4. The maximum Gasteiger partial charge on any atom is 0.280 e. The van der Waals surface area contributed by atoms with Crippen LogP contribution in [-0.2, 0) is 23.8 Å². The first-order valence-corrected chi connectivity index (χ1v) is 12.4. The van der Waals surface area contributed by atoms with E-state index in [1.54, 1.807) is 0 Å². The zero-order valence-corrected chi connectivity index (χ0v) is 21.7. The van der Waals surface area contributed by atoms with Crippen LogP contribution in [0.1, 0.15) is 33.9 Å². The Labute approximate surface area is 221 Å². The Morgan fingerprint density at radius 3 is 2.23 bits per heavy atom. The van der Waals surface area contributed by atoms with Crippen LogP contribution in [0.4, 0.5) is 5.95 Å². The summed E-state index contributed by atoms with van der Waals surface area (Å²) in [5.74, 6) is -3.74. The second kappa shape index (κ2) is 10.6. The quantitative estimate of drug-likeness (QED) is 0.152. The monoisotopic (exact) mass is 555 g/mol. The molecule has 1 unspecified atom stereocenters. The summed E-state index contributed by atoms with van der Waals surface area (Å²) in [4.78, 5) is 50.1. The number of carbonyl (C=O) groups is 2. The fraction of sp³-hybridized carbons (Fsp3) is 0.696. The number of aliphatic hydroxyl groups excluding tert-OH is 5. The first-order valence-electron chi connectivity index (χ1n) is 12.4. The maximum absolute atomic E-state index is 13.8. The minimum absolute atomic E-state index is 0.103. The first kappa shape index (κ1) is 29.2. The Morgan fingerprint density at radius 2 is 1.69 bits per heavy atom. The van der Waals surface area contributed by atoms with Crippen LogP contribution in [0.15, 0.2) is 11.1 Å². The Hall–Kier alpha value is -2.83. The van der Waals surface area contributed by atoms with Crippen LogP contribution in [0.5, 0.6) is 0 Å². The van der Waals surface area contributed by atoms with Gasteiger partial charge >= 0.3 is 0 Å². The molecule has 2 fully saturated rings. The molecule has 216 valence electrons. The van der Waals surface area contributed by atoms with Gasteiger partial charge in [-0.1, -0.05) is 27.7 Å². The molecule has 2 aliphatic rings. The van der Waals surface area contributed by atoms with Gasteiger partial charge in [-0.15, -0.1) is 0 Å². The molecule has 0 aromatic carbocycles. The van der Waals surface area contributed by atoms with Crippen LogP contribution in [0, 0.1) is 11.8 Å². The summed E-state index contributed by atoms with van der Waals surface area (Å²) < 4.78 is 18.4. The Balaban J connectivity index is 1.84. The molecule has 8 atom stereocenters. The minimum Gasteiger partial charge on any atom is -0.394 e. The number of aromatic nitrogens is 4. The molecular formula is C23H33N5O11. The van der Waals surface area contributed by atoms with Gasteiger partial charge < -0.3 is 45.5 Å². The predicted molar refractivity (Wildman–Crippen MR) is 130 cm³/mol. The average molecular weight is 556 g/mol. The lowest BCUT2D eigenvalue weighted by Gasteiger charge is -2.41. The third-order valence-corrected chi connectivity index (χ3v) is 6.95. The number of nitrogens with two attached hydrogens (primary N) is 1. The van der Waals surface area contributed by atoms with Gasteiger partial charge in [0.05, 0.1) is 12.9 Å². The van der Waals surface area contributed by atoms with Crippen molar-refractivity contribution in [1.82, 2.24) is 19.5 Å². The molecule has 4 rings (SSSR count). The molecule has 2 aromatic rings. The van der Waals surface area contributed by atoms with E-state index >= 15 is 0 Å². The lowest BCUT2D eigenvalue weighted by atomic mass is 9.76. The molecule has 0 amide bonds. The Morgan fingerprint density at radius 1 is 1.08 bits per heavy atom. The number of ketones is 2. The van der Waals surface area contributed by atoms with E-state index in [2.05, 4.69) is 15.0 Å². The number of ether oxygens (including phenoxy) is 3. The lowest BCUT2D eigenvalue weighted by Crippen LogP contribution is -2.65. The molecule has 2 aliphatic heterocycles. The topological polar surface area (TPSA) is 253 Å². The Bertz CT molecular complexity index is 1270. The van der Waals surface area contributed by atoms with Crippen LogP contribution in [-0.4, -0.2) is 112 Å². The van der Waals surface area contributed by atoms with E-state index in [0.717, 1.165) is 10.9 Å². The maximum atomic E-state index is 13.8. The number of H-pyrrole nitrogens is 1. The highest BCUT2D eigenvalue weighted by molar-refractivity contribution is 6.12. The highest BCUT2D eigenvalue weighted by atomic mass is 16.7. The number of aliphatic hydroxyl groups is 5. The number of nitrogen functional groups attached to an aromatic ring is 1. The number of hydrogen-bond donors (Lipinski definition) is 7. The molecule has 16 heteroatoms. The third-order valence-electron chi connectivity index (χ3n) is 6.95. The van der Waals surface area contributed by atoms with Crippen LogP contribution < -0.4 is 11.3 Å². The van der Waals surface area contributed by atoms with Crippen LogP contribution >= 0.6 is 0 Å². The van der Waals surface area contributed by atoms with Crippen LogP contribution in [0.2, 0.25) is 0 Å². The number of hydrogen-bond acceptors (Lipinski definition) is 14. The zero-order chi connectivity index (χ0) is 29.0. The van der Waals surface area contributed by atoms with Crippen molar-refractivity contribution in [3.63, 3.8) is 0 Å². The van der Waals surface area contributed by atoms with E-state index in [1.165, 1.54) is 27.7 Å². The molecule has 0 aliphatic carbocycles. The number of Topliss-reactive ketones (excluding diaryl/α,β-unsaturated/α-hetero) is 2. The molecule has 0 saturated carbocycles. The van der Waals surface area contributed by atoms with Crippen LogP contribution in [0.3, 0.4) is 0 Å². The highest BCUT2D eigenvalue weighted by Gasteiger charge is 2.65. The molecule has 4 heterocycles. The molecule has 0 spiro atoms. The van der Waals surface area contributed by atoms with E-state index in [4.69, 9.17) is 19.9 Å². The van der Waals surface area contributed by atoms with Crippen molar-refractivity contribution in [2.45, 2.75) is 82.4 Å². The molecule has 16 nitrogen and oxygen atoms in total. The summed E-state index contributed by atoms with van der Waals surface area (Å²) in [6, 6.07) is 0. The van der Waals surface area contributed by atoms with E-state index in [0.29, 0.717) is 0 Å². The molecule has 8 N–H and O–H groups in total. The van der Waals surface area contributed by atoms with Crippen molar-refractivity contribution in [1.29, 1.82) is 0 Å². The summed E-state index contributed by atoms with van der Waals surface area (Å²) in [6.45, 7) is 5.20. The van der Waals surface area contributed by atoms with Gasteiger partial charge in [-0.2, -0.15) is 4.98 Å². The number of anilines is 1. The number of imidazole rings is 1. The normalized spacial score (nSPS) is 31.6. The molecule has 0 radical (unpaired) electrons. The fourth-order valence-corrected chi connectivity index (χ4v) is 4.94. The largest absolute Gasteiger partial charge is 0.394 e. The van der Waals surface area contributed by atoms with Crippen molar-refractivity contribution < 1.29 is 49.3 Å². The van der Waals surface area contributed by atoms with Gasteiger partial charge in [0.15, 0.2) is 35.2 Å². The summed E-state index contributed by atoms with van der Waals surface area (Å²) in [7, 11) is 0. The second-order valence-electron chi connectivity index (χ2n) is 10.3. The van der Waals surface area contributed by atoms with Crippen LogP contribution in [0.25, 0.3) is 11.2 Å². The smallest absolute Gasteiger partial charge is 0.280 e. The zero-order valence-electron chi connectivity index (χ0n) is 21.7. The summed E-state index contributed by atoms with van der Waals surface area (Å²) >= 11 is 0. The number of nitrogens with one attached hydrogen (secondary N) is 1. The minimum atomic E-state index is -2.65. The van der Waals surface area contributed by atoms with E-state index < -0.39 is 90.3 Å². The van der Waals surface area contributed by atoms with Gasteiger partial charge in [-0.25, -0.2) is 4.98 Å². The average Bonchev–Trinajstić information content (AvgIpc) is 3.51. The highest BCUT2D eigenvalue weighted by Crippen LogP contribution is 2.42. The third kappa shape index (κ3) is 4.66. The second-order valence-corrected chi connectivity index (χ2v) is 10.3. The summed E-state index contributed by atoms with van der Waals surface area (Å²) in [5.41, 5.74) is 2.08. The van der Waals surface area contributed by atoms with Gasteiger partial charge in [-0.3, -0.25) is 23.9 Å². The van der Waals surface area contributed by atoms with Gasteiger partial charge in [0.2, 0.25) is 11.5 Å². The number of aromatic amines is 1. The van der Waals surface area contributed by atoms with E-state index in [9.17, 15) is 39.9 Å².